The summed E-state index contributed by atoms with van der Waals surface area (Å²) < 4.78 is 44.0. The number of anilines is 3. The molecule has 0 aliphatic carbocycles. The van der Waals surface area contributed by atoms with Gasteiger partial charge in [-0.25, -0.2) is 14.8 Å². The van der Waals surface area contributed by atoms with Crippen LogP contribution in [0.2, 0.25) is 0 Å². The Morgan fingerprint density at radius 2 is 2.08 bits per heavy atom. The van der Waals surface area contributed by atoms with Gasteiger partial charge in [-0.15, -0.1) is 0 Å². The van der Waals surface area contributed by atoms with Crippen LogP contribution in [0, 0.1) is 0 Å². The van der Waals surface area contributed by atoms with E-state index in [4.69, 9.17) is 9.84 Å². The summed E-state index contributed by atoms with van der Waals surface area (Å²) >= 11 is 0. The van der Waals surface area contributed by atoms with Gasteiger partial charge in [-0.2, -0.15) is 18.2 Å². The molecule has 2 aliphatic heterocycles. The largest absolute Gasteiger partial charge is 0.475 e. The van der Waals surface area contributed by atoms with Crippen molar-refractivity contribution in [1.82, 2.24) is 20.3 Å². The molecule has 1 saturated heterocycles. The Hall–Kier alpha value is -3.72. The molecule has 3 atom stereocenters. The molecule has 2 aromatic rings. The van der Waals surface area contributed by atoms with E-state index >= 15 is 0 Å². The summed E-state index contributed by atoms with van der Waals surface area (Å²) in [4.78, 5) is 41.4. The minimum Gasteiger partial charge on any atom is -0.475 e. The van der Waals surface area contributed by atoms with Crippen molar-refractivity contribution in [1.29, 1.82) is 0 Å². The Balaban J connectivity index is 1.57. The second kappa shape index (κ2) is 10.7. The van der Waals surface area contributed by atoms with Gasteiger partial charge in [0.05, 0.1) is 24.5 Å². The van der Waals surface area contributed by atoms with Gasteiger partial charge in [-0.05, 0) is 25.8 Å². The van der Waals surface area contributed by atoms with Crippen LogP contribution in [0.5, 0.6) is 5.88 Å². The molecule has 4 rings (SSSR count). The number of urea groups is 1. The van der Waals surface area contributed by atoms with Crippen LogP contribution in [-0.4, -0.2) is 87.8 Å². The average molecular weight is 525 g/mol. The van der Waals surface area contributed by atoms with Crippen molar-refractivity contribution >= 4 is 29.3 Å². The molecule has 2 aliphatic rings. The van der Waals surface area contributed by atoms with E-state index in [2.05, 4.69) is 20.3 Å². The number of aliphatic hydroxyl groups excluding tert-OH is 2. The Morgan fingerprint density at radius 3 is 2.81 bits per heavy atom. The Bertz CT molecular complexity index is 1150. The first-order chi connectivity index (χ1) is 17.6. The number of hydrogen-bond acceptors (Lipinski definition) is 9. The zero-order valence-corrected chi connectivity index (χ0v) is 19.8. The number of nitrogens with zero attached hydrogens (tertiary/aromatic N) is 5. The Kier molecular flexibility index (Phi) is 7.63. The highest BCUT2D eigenvalue weighted by atomic mass is 19.4. The number of rotatable bonds is 7. The summed E-state index contributed by atoms with van der Waals surface area (Å²) in [5.41, 5.74) is 0.481. The van der Waals surface area contributed by atoms with Crippen LogP contribution in [0.1, 0.15) is 30.4 Å². The molecule has 2 aromatic heterocycles. The van der Waals surface area contributed by atoms with Crippen molar-refractivity contribution in [2.45, 2.75) is 44.1 Å². The maximum atomic E-state index is 13.4. The molecule has 4 heterocycles. The Morgan fingerprint density at radius 1 is 1.30 bits per heavy atom. The van der Waals surface area contributed by atoms with Crippen molar-refractivity contribution in [2.75, 3.05) is 41.4 Å². The highest BCUT2D eigenvalue weighted by Gasteiger charge is 2.40. The molecule has 1 fully saturated rings. The minimum atomic E-state index is -4.64. The van der Waals surface area contributed by atoms with Gasteiger partial charge < -0.3 is 25.2 Å². The highest BCUT2D eigenvalue weighted by Crippen LogP contribution is 2.37. The lowest BCUT2D eigenvalue weighted by atomic mass is 10.0. The van der Waals surface area contributed by atoms with Crippen LogP contribution in [0.4, 0.5) is 35.3 Å². The molecule has 0 saturated carbocycles. The third-order valence-corrected chi connectivity index (χ3v) is 5.93. The van der Waals surface area contributed by atoms with E-state index in [1.165, 1.54) is 23.2 Å². The van der Waals surface area contributed by atoms with Crippen LogP contribution in [0.25, 0.3) is 0 Å². The van der Waals surface area contributed by atoms with Gasteiger partial charge in [0.15, 0.2) is 5.82 Å². The third-order valence-electron chi connectivity index (χ3n) is 5.93. The number of nitrogens with one attached hydrogen (secondary N) is 2. The molecule has 200 valence electrons. The fourth-order valence-corrected chi connectivity index (χ4v) is 4.01. The first kappa shape index (κ1) is 26.3. The number of ether oxygens (including phenoxy) is 1. The first-order valence-corrected chi connectivity index (χ1v) is 11.6. The zero-order chi connectivity index (χ0) is 26.7. The smallest absolute Gasteiger partial charge is 0.408 e. The van der Waals surface area contributed by atoms with Gasteiger partial charge in [0.1, 0.15) is 24.6 Å². The number of halogens is 3. The number of fused-ring (bicyclic) bond motifs is 4. The second-order valence-electron chi connectivity index (χ2n) is 8.69. The molecule has 12 nitrogen and oxygen atoms in total. The maximum Gasteiger partial charge on any atom is 0.408 e. The van der Waals surface area contributed by atoms with Crippen LogP contribution >= 0.6 is 0 Å². The molecule has 2 bridgehead atoms. The van der Waals surface area contributed by atoms with Crippen LogP contribution < -0.4 is 25.2 Å². The highest BCUT2D eigenvalue weighted by molar-refractivity contribution is 6.04. The van der Waals surface area contributed by atoms with Crippen molar-refractivity contribution in [3.63, 3.8) is 0 Å². The summed E-state index contributed by atoms with van der Waals surface area (Å²) in [6.45, 7) is 1.30. The van der Waals surface area contributed by atoms with Gasteiger partial charge in [0.2, 0.25) is 11.7 Å². The monoisotopic (exact) mass is 525 g/mol. The summed E-state index contributed by atoms with van der Waals surface area (Å²) in [5, 5.41) is 22.8. The van der Waals surface area contributed by atoms with Crippen molar-refractivity contribution < 1.29 is 37.7 Å². The number of pyridine rings is 1. The van der Waals surface area contributed by atoms with Gasteiger partial charge in [-0.1, -0.05) is 6.07 Å². The fourth-order valence-electron chi connectivity index (χ4n) is 4.01. The summed E-state index contributed by atoms with van der Waals surface area (Å²) in [6.07, 6.45) is -2.97. The predicted octanol–water partition coefficient (Wildman–Crippen LogP) is 1.31. The van der Waals surface area contributed by atoms with Crippen LogP contribution in [0.15, 0.2) is 24.4 Å². The molecule has 3 amide bonds. The van der Waals surface area contributed by atoms with E-state index in [0.717, 1.165) is 13.3 Å². The van der Waals surface area contributed by atoms with E-state index in [-0.39, 0.29) is 30.2 Å². The second-order valence-corrected chi connectivity index (χ2v) is 8.69. The summed E-state index contributed by atoms with van der Waals surface area (Å²) in [6, 6.07) is 1.57. The van der Waals surface area contributed by atoms with Gasteiger partial charge in [0.25, 0.3) is 5.91 Å². The number of amides is 3. The Labute approximate surface area is 209 Å². The summed E-state index contributed by atoms with van der Waals surface area (Å²) in [7, 11) is 0. The van der Waals surface area contributed by atoms with E-state index < -0.39 is 42.7 Å². The molecule has 15 heteroatoms. The molecule has 0 radical (unpaired) electrons. The lowest BCUT2D eigenvalue weighted by Crippen LogP contribution is -2.56. The maximum absolute atomic E-state index is 13.4. The predicted molar refractivity (Wildman–Crippen MR) is 125 cm³/mol. The molecular weight excluding hydrogens is 499 g/mol. The lowest BCUT2D eigenvalue weighted by molar-refractivity contribution is -0.149. The quantitative estimate of drug-likeness (QED) is 0.419. The summed E-state index contributed by atoms with van der Waals surface area (Å²) in [5.74, 6) is -1.27. The number of hydrogen-bond donors (Lipinski definition) is 4. The normalized spacial score (nSPS) is 18.5. The van der Waals surface area contributed by atoms with E-state index in [1.807, 2.05) is 10.2 Å². The number of carbonyl (C=O) groups excluding carboxylic acids is 2. The first-order valence-electron chi connectivity index (χ1n) is 11.6. The third kappa shape index (κ3) is 5.99. The number of aromatic nitrogens is 3. The molecule has 0 spiro atoms. The number of piperidine rings is 1. The van der Waals surface area contributed by atoms with Gasteiger partial charge >= 0.3 is 12.2 Å². The molecule has 1 unspecified atom stereocenters. The average Bonchev–Trinajstić information content (AvgIpc) is 2.86. The molecule has 4 N–H and O–H groups in total. The fraction of sp³-hybridized carbons (Fsp3) is 0.500. The topological polar surface area (TPSA) is 153 Å². The van der Waals surface area contributed by atoms with Gasteiger partial charge in [-0.3, -0.25) is 15.0 Å². The van der Waals surface area contributed by atoms with E-state index in [0.29, 0.717) is 25.2 Å². The van der Waals surface area contributed by atoms with Crippen LogP contribution in [0.3, 0.4) is 0 Å². The van der Waals surface area contributed by atoms with Crippen molar-refractivity contribution in [3.05, 3.63) is 30.2 Å². The SMILES string of the molecule is C[C@@H](NC(=O)c1ncc2c(n1)N(C(=O)Nc1cccc(OC[C@@H](O)CO)n1)C1CCCN2C1)C(F)(F)F. The van der Waals surface area contributed by atoms with Crippen LogP contribution in [-0.2, 0) is 0 Å². The molecular formula is C22H26F3N7O5. The number of alkyl halides is 3. The minimum absolute atomic E-state index is 0.103. The van der Waals surface area contributed by atoms with Crippen molar-refractivity contribution in [2.24, 2.45) is 0 Å². The van der Waals surface area contributed by atoms with E-state index in [9.17, 15) is 27.9 Å². The van der Waals surface area contributed by atoms with E-state index in [1.54, 1.807) is 6.07 Å². The zero-order valence-electron chi connectivity index (χ0n) is 19.8. The number of aliphatic hydroxyl groups is 2. The standard InChI is InChI=1S/C22H26F3N7O5/c1-12(22(23,24)25)27-20(35)18-26-8-15-19(30-18)32(13-4-3-7-31(15)9-13)21(36)29-16-5-2-6-17(28-16)37-11-14(34)10-33/h2,5-6,8,12-14,33-34H,3-4,7,9-11H2,1H3,(H,27,35)(H,28,29,36)/t12-,13?,14+/m1/s1. The lowest BCUT2D eigenvalue weighted by Gasteiger charge is -2.45. The van der Waals surface area contributed by atoms with Crippen molar-refractivity contribution in [3.8, 4) is 5.88 Å². The molecule has 37 heavy (non-hydrogen) atoms. The molecule has 0 aromatic carbocycles. The number of carbonyl (C=O) groups is 2. The van der Waals surface area contributed by atoms with Gasteiger partial charge in [0, 0.05) is 19.2 Å².